The number of aryl methyl sites for hydroxylation is 1. The van der Waals surface area contributed by atoms with Crippen LogP contribution < -0.4 is 4.72 Å². The molecule has 0 saturated heterocycles. The molecule has 18 heavy (non-hydrogen) atoms. The summed E-state index contributed by atoms with van der Waals surface area (Å²) in [5, 5.41) is 19.3. The second kappa shape index (κ2) is 5.42. The third kappa shape index (κ3) is 3.03. The summed E-state index contributed by atoms with van der Waals surface area (Å²) in [4.78, 5) is 9.93. The highest BCUT2D eigenvalue weighted by molar-refractivity contribution is 7.89. The van der Waals surface area contributed by atoms with Crippen LogP contribution in [0.1, 0.15) is 11.1 Å². The fourth-order valence-electron chi connectivity index (χ4n) is 1.45. The van der Waals surface area contributed by atoms with Crippen molar-refractivity contribution in [2.45, 2.75) is 18.7 Å². The number of nitro groups is 1. The molecule has 0 aliphatic rings. The number of aliphatic hydroxyl groups excluding tert-OH is 1. The molecule has 0 aromatic heterocycles. The number of nitrogens with one attached hydrogen (secondary N) is 1. The average Bonchev–Trinajstić information content (AvgIpc) is 2.29. The van der Waals surface area contributed by atoms with Crippen molar-refractivity contribution >= 4 is 15.7 Å². The molecule has 7 nitrogen and oxygen atoms in total. The normalized spacial score (nSPS) is 11.5. The highest BCUT2D eigenvalue weighted by atomic mass is 32.2. The number of aliphatic hydroxyl groups is 1. The Labute approximate surface area is 105 Å². The van der Waals surface area contributed by atoms with Gasteiger partial charge in [0.05, 0.1) is 16.4 Å². The molecule has 0 spiro atoms. The summed E-state index contributed by atoms with van der Waals surface area (Å²) >= 11 is 0. The van der Waals surface area contributed by atoms with Crippen LogP contribution in [-0.2, 0) is 10.0 Å². The minimum atomic E-state index is -3.85. The molecule has 0 bridgehead atoms. The first-order chi connectivity index (χ1) is 8.29. The van der Waals surface area contributed by atoms with Crippen molar-refractivity contribution in [3.63, 3.8) is 0 Å². The lowest BCUT2D eigenvalue weighted by Gasteiger charge is -2.10. The van der Waals surface area contributed by atoms with Crippen LogP contribution in [0.3, 0.4) is 0 Å². The highest BCUT2D eigenvalue weighted by Crippen LogP contribution is 2.25. The Morgan fingerprint density at radius 3 is 2.50 bits per heavy atom. The molecule has 100 valence electrons. The first kappa shape index (κ1) is 14.6. The molecule has 0 saturated carbocycles. The van der Waals surface area contributed by atoms with Crippen LogP contribution in [0.5, 0.6) is 0 Å². The topological polar surface area (TPSA) is 110 Å². The molecule has 2 N–H and O–H groups in total. The van der Waals surface area contributed by atoms with Gasteiger partial charge >= 0.3 is 0 Å². The van der Waals surface area contributed by atoms with E-state index in [2.05, 4.69) is 4.72 Å². The standard InChI is InChI=1S/C10H14N2O5S/c1-7-5-9(12(14)15)6-10(8(7)2)18(16,17)11-3-4-13/h5-6,11,13H,3-4H2,1-2H3. The first-order valence-electron chi connectivity index (χ1n) is 5.15. The van der Waals surface area contributed by atoms with Crippen molar-refractivity contribution in [3.8, 4) is 0 Å². The van der Waals surface area contributed by atoms with Crippen LogP contribution in [0.15, 0.2) is 17.0 Å². The van der Waals surface area contributed by atoms with Crippen LogP contribution in [0, 0.1) is 24.0 Å². The molecule has 1 rings (SSSR count). The van der Waals surface area contributed by atoms with Gasteiger partial charge in [-0.05, 0) is 25.0 Å². The van der Waals surface area contributed by atoms with Crippen molar-refractivity contribution < 1.29 is 18.4 Å². The third-order valence-electron chi connectivity index (χ3n) is 2.51. The second-order valence-corrected chi connectivity index (χ2v) is 5.50. The Bertz CT molecular complexity index is 568. The summed E-state index contributed by atoms with van der Waals surface area (Å²) in [6.07, 6.45) is 0. The number of nitrogens with zero attached hydrogens (tertiary/aromatic N) is 1. The Hall–Kier alpha value is -1.51. The molecule has 8 heteroatoms. The molecule has 0 unspecified atom stereocenters. The number of hydrogen-bond donors (Lipinski definition) is 2. The summed E-state index contributed by atoms with van der Waals surface area (Å²) < 4.78 is 25.9. The molecular weight excluding hydrogens is 260 g/mol. The second-order valence-electron chi connectivity index (χ2n) is 3.76. The van der Waals surface area contributed by atoms with E-state index in [1.54, 1.807) is 13.8 Å². The van der Waals surface area contributed by atoms with Gasteiger partial charge in [-0.1, -0.05) is 0 Å². The molecular formula is C10H14N2O5S. The first-order valence-corrected chi connectivity index (χ1v) is 6.64. The lowest BCUT2D eigenvalue weighted by atomic mass is 10.1. The molecule has 0 fully saturated rings. The van der Waals surface area contributed by atoms with E-state index in [9.17, 15) is 18.5 Å². The minimum absolute atomic E-state index is 0.135. The smallest absolute Gasteiger partial charge is 0.271 e. The van der Waals surface area contributed by atoms with Gasteiger partial charge in [0.25, 0.3) is 5.69 Å². The SMILES string of the molecule is Cc1cc([N+](=O)[O-])cc(S(=O)(=O)NCCO)c1C. The number of non-ortho nitro benzene ring substituents is 1. The van der Waals surface area contributed by atoms with Crippen LogP contribution in [0.4, 0.5) is 5.69 Å². The fourth-order valence-corrected chi connectivity index (χ4v) is 2.81. The van der Waals surface area contributed by atoms with E-state index in [4.69, 9.17) is 5.11 Å². The maximum absolute atomic E-state index is 11.9. The third-order valence-corrected chi connectivity index (χ3v) is 4.10. The van der Waals surface area contributed by atoms with Gasteiger partial charge in [-0.25, -0.2) is 13.1 Å². The summed E-state index contributed by atoms with van der Waals surface area (Å²) in [7, 11) is -3.85. The molecule has 1 aromatic carbocycles. The fraction of sp³-hybridized carbons (Fsp3) is 0.400. The van der Waals surface area contributed by atoms with Crippen LogP contribution >= 0.6 is 0 Å². The Morgan fingerprint density at radius 2 is 2.00 bits per heavy atom. The molecule has 0 heterocycles. The number of hydrogen-bond acceptors (Lipinski definition) is 5. The largest absolute Gasteiger partial charge is 0.395 e. The Morgan fingerprint density at radius 1 is 1.39 bits per heavy atom. The maximum atomic E-state index is 11.9. The Kier molecular flexibility index (Phi) is 4.38. The summed E-state index contributed by atoms with van der Waals surface area (Å²) in [5.41, 5.74) is 0.696. The molecule has 0 aliphatic carbocycles. The van der Waals surface area contributed by atoms with Crippen LogP contribution in [0.25, 0.3) is 0 Å². The van der Waals surface area contributed by atoms with E-state index in [0.29, 0.717) is 11.1 Å². The molecule has 0 atom stereocenters. The van der Waals surface area contributed by atoms with E-state index in [0.717, 1.165) is 6.07 Å². The van der Waals surface area contributed by atoms with Gasteiger partial charge in [-0.2, -0.15) is 0 Å². The van der Waals surface area contributed by atoms with Crippen LogP contribution in [0.2, 0.25) is 0 Å². The van der Waals surface area contributed by atoms with Gasteiger partial charge in [-0.3, -0.25) is 10.1 Å². The molecule has 0 aliphatic heterocycles. The summed E-state index contributed by atoms with van der Waals surface area (Å²) in [6, 6.07) is 2.34. The van der Waals surface area contributed by atoms with Gasteiger partial charge in [0, 0.05) is 18.7 Å². The van der Waals surface area contributed by atoms with Gasteiger partial charge in [-0.15, -0.1) is 0 Å². The van der Waals surface area contributed by atoms with Crippen LogP contribution in [-0.4, -0.2) is 31.6 Å². The van der Waals surface area contributed by atoms with Gasteiger partial charge < -0.3 is 5.11 Å². The van der Waals surface area contributed by atoms with Crippen molar-refractivity contribution in [3.05, 3.63) is 33.4 Å². The highest BCUT2D eigenvalue weighted by Gasteiger charge is 2.21. The predicted octanol–water partition coefficient (Wildman–Crippen LogP) is 0.482. The summed E-state index contributed by atoms with van der Waals surface area (Å²) in [5.74, 6) is 0. The number of benzene rings is 1. The zero-order valence-electron chi connectivity index (χ0n) is 10.0. The molecule has 1 aromatic rings. The van der Waals surface area contributed by atoms with E-state index < -0.39 is 14.9 Å². The summed E-state index contributed by atoms with van der Waals surface area (Å²) in [6.45, 7) is 2.70. The monoisotopic (exact) mass is 274 g/mol. The van der Waals surface area contributed by atoms with Crippen molar-refractivity contribution in [2.24, 2.45) is 0 Å². The van der Waals surface area contributed by atoms with Gasteiger partial charge in [0.1, 0.15) is 0 Å². The number of sulfonamides is 1. The average molecular weight is 274 g/mol. The lowest BCUT2D eigenvalue weighted by Crippen LogP contribution is -2.27. The van der Waals surface area contributed by atoms with Crippen molar-refractivity contribution in [1.82, 2.24) is 4.72 Å². The minimum Gasteiger partial charge on any atom is -0.395 e. The number of nitro benzene ring substituents is 1. The molecule has 0 radical (unpaired) electrons. The maximum Gasteiger partial charge on any atom is 0.271 e. The zero-order valence-corrected chi connectivity index (χ0v) is 10.8. The molecule has 0 amide bonds. The lowest BCUT2D eigenvalue weighted by molar-refractivity contribution is -0.385. The van der Waals surface area contributed by atoms with E-state index in [1.165, 1.54) is 6.07 Å². The number of rotatable bonds is 5. The zero-order chi connectivity index (χ0) is 13.9. The van der Waals surface area contributed by atoms with Crippen molar-refractivity contribution in [1.29, 1.82) is 0 Å². The van der Waals surface area contributed by atoms with Crippen molar-refractivity contribution in [2.75, 3.05) is 13.2 Å². The van der Waals surface area contributed by atoms with Gasteiger partial charge in [0.2, 0.25) is 10.0 Å². The van der Waals surface area contributed by atoms with Gasteiger partial charge in [0.15, 0.2) is 0 Å². The van der Waals surface area contributed by atoms with E-state index in [1.807, 2.05) is 0 Å². The van der Waals surface area contributed by atoms with E-state index >= 15 is 0 Å². The Balaban J connectivity index is 3.35. The quantitative estimate of drug-likeness (QED) is 0.599. The van der Waals surface area contributed by atoms with E-state index in [-0.39, 0.29) is 23.7 Å². The predicted molar refractivity (Wildman–Crippen MR) is 64.8 cm³/mol.